The highest BCUT2D eigenvalue weighted by molar-refractivity contribution is 4.94. The zero-order valence-corrected chi connectivity index (χ0v) is 12.2. The molecule has 0 bridgehead atoms. The van der Waals surface area contributed by atoms with Gasteiger partial charge in [0.2, 0.25) is 0 Å². The molecule has 18 heavy (non-hydrogen) atoms. The predicted octanol–water partition coefficient (Wildman–Crippen LogP) is 6.41. The smallest absolute Gasteiger partial charge is 0.0169 e. The Morgan fingerprint density at radius 1 is 0.667 bits per heavy atom. The molecule has 0 N–H and O–H groups in total. The molecule has 0 spiro atoms. The monoisotopic (exact) mass is 247 g/mol. The molecule has 0 saturated carbocycles. The van der Waals surface area contributed by atoms with Crippen molar-refractivity contribution in [2.24, 2.45) is 0 Å². The molecule has 0 rings (SSSR count). The van der Waals surface area contributed by atoms with Crippen molar-refractivity contribution in [1.82, 2.24) is 0 Å². The molecule has 0 heteroatoms. The standard InChI is InChI=1S/C18H31/c1-3-5-7-9-11-13-15-17-18-16-14-12-10-8-6-4-2/h9,11-12,14,17-18H,1,3-8,10,13,15-16H2,2H3/b11-9-,14-12-,18-17-. The van der Waals surface area contributed by atoms with Gasteiger partial charge in [-0.15, -0.1) is 0 Å². The predicted molar refractivity (Wildman–Crippen MR) is 84.6 cm³/mol. The van der Waals surface area contributed by atoms with Crippen molar-refractivity contribution in [2.45, 2.75) is 71.1 Å². The van der Waals surface area contributed by atoms with Crippen LogP contribution in [0.1, 0.15) is 71.1 Å². The van der Waals surface area contributed by atoms with Crippen molar-refractivity contribution < 1.29 is 0 Å². The molecule has 0 unspecified atom stereocenters. The van der Waals surface area contributed by atoms with Crippen LogP contribution in [0.2, 0.25) is 0 Å². The first kappa shape index (κ1) is 17.2. The number of hydrogen-bond donors (Lipinski definition) is 0. The minimum atomic E-state index is 1.05. The lowest BCUT2D eigenvalue weighted by molar-refractivity contribution is 0.728. The van der Waals surface area contributed by atoms with E-state index in [0.29, 0.717) is 0 Å². The maximum absolute atomic E-state index is 3.83. The molecule has 0 aliphatic carbocycles. The maximum atomic E-state index is 3.83. The second-order valence-corrected chi connectivity index (χ2v) is 4.72. The zero-order valence-electron chi connectivity index (χ0n) is 12.2. The fourth-order valence-electron chi connectivity index (χ4n) is 1.71. The van der Waals surface area contributed by atoms with E-state index in [1.807, 2.05) is 0 Å². The van der Waals surface area contributed by atoms with Crippen molar-refractivity contribution in [1.29, 1.82) is 0 Å². The molecule has 0 aromatic heterocycles. The van der Waals surface area contributed by atoms with Gasteiger partial charge in [0, 0.05) is 0 Å². The van der Waals surface area contributed by atoms with E-state index in [1.54, 1.807) is 0 Å². The van der Waals surface area contributed by atoms with E-state index in [-0.39, 0.29) is 0 Å². The van der Waals surface area contributed by atoms with E-state index in [1.165, 1.54) is 51.4 Å². The summed E-state index contributed by atoms with van der Waals surface area (Å²) in [7, 11) is 0. The van der Waals surface area contributed by atoms with Gasteiger partial charge in [-0.2, -0.15) is 0 Å². The van der Waals surface area contributed by atoms with Crippen LogP contribution in [0.3, 0.4) is 0 Å². The molecule has 0 aliphatic rings. The summed E-state index contributed by atoms with van der Waals surface area (Å²) in [6.07, 6.45) is 25.9. The highest BCUT2D eigenvalue weighted by Crippen LogP contribution is 2.01. The Kier molecular flexibility index (Phi) is 15.5. The van der Waals surface area contributed by atoms with E-state index < -0.39 is 0 Å². The molecule has 0 atom stereocenters. The van der Waals surface area contributed by atoms with E-state index in [9.17, 15) is 0 Å². The molecular formula is C18H31. The van der Waals surface area contributed by atoms with Crippen LogP contribution in [0.25, 0.3) is 0 Å². The number of allylic oxidation sites excluding steroid dienone is 6. The third-order valence-electron chi connectivity index (χ3n) is 2.87. The molecule has 0 aliphatic heterocycles. The van der Waals surface area contributed by atoms with Crippen LogP contribution in [0, 0.1) is 6.92 Å². The summed E-state index contributed by atoms with van der Waals surface area (Å²) in [5, 5.41) is 0. The van der Waals surface area contributed by atoms with Crippen molar-refractivity contribution in [3.63, 3.8) is 0 Å². The largest absolute Gasteiger partial charge is 0.0885 e. The number of hydrogen-bond acceptors (Lipinski definition) is 0. The summed E-state index contributed by atoms with van der Waals surface area (Å²) in [5.41, 5.74) is 0. The summed E-state index contributed by atoms with van der Waals surface area (Å²) in [6.45, 7) is 6.08. The van der Waals surface area contributed by atoms with Crippen molar-refractivity contribution in [3.8, 4) is 0 Å². The second-order valence-electron chi connectivity index (χ2n) is 4.72. The van der Waals surface area contributed by atoms with Gasteiger partial charge in [0.25, 0.3) is 0 Å². The Morgan fingerprint density at radius 3 is 1.89 bits per heavy atom. The maximum Gasteiger partial charge on any atom is -0.0169 e. The van der Waals surface area contributed by atoms with Gasteiger partial charge in [0.05, 0.1) is 0 Å². The quantitative estimate of drug-likeness (QED) is 0.276. The summed E-state index contributed by atoms with van der Waals surface area (Å²) in [4.78, 5) is 0. The van der Waals surface area contributed by atoms with Crippen molar-refractivity contribution in [2.75, 3.05) is 0 Å². The van der Waals surface area contributed by atoms with Gasteiger partial charge >= 0.3 is 0 Å². The Labute approximate surface area is 115 Å². The highest BCUT2D eigenvalue weighted by atomic mass is 13.9. The van der Waals surface area contributed by atoms with Crippen LogP contribution in [0.4, 0.5) is 0 Å². The fraction of sp³-hybridized carbons (Fsp3) is 0.611. The van der Waals surface area contributed by atoms with Crippen LogP contribution in [0.15, 0.2) is 36.5 Å². The van der Waals surface area contributed by atoms with Crippen LogP contribution in [-0.2, 0) is 0 Å². The zero-order chi connectivity index (χ0) is 13.3. The average molecular weight is 247 g/mol. The first-order valence-electron chi connectivity index (χ1n) is 7.66. The minimum absolute atomic E-state index is 1.05. The summed E-state index contributed by atoms with van der Waals surface area (Å²) in [5.74, 6) is 0. The van der Waals surface area contributed by atoms with E-state index in [4.69, 9.17) is 0 Å². The van der Waals surface area contributed by atoms with Gasteiger partial charge in [-0.05, 0) is 44.9 Å². The Morgan fingerprint density at radius 2 is 1.22 bits per heavy atom. The van der Waals surface area contributed by atoms with Gasteiger partial charge in [-0.1, -0.05) is 69.6 Å². The highest BCUT2D eigenvalue weighted by Gasteiger charge is 1.81. The van der Waals surface area contributed by atoms with E-state index in [2.05, 4.69) is 50.3 Å². The first-order chi connectivity index (χ1) is 8.91. The third-order valence-corrected chi connectivity index (χ3v) is 2.87. The van der Waals surface area contributed by atoms with Crippen LogP contribution in [-0.4, -0.2) is 0 Å². The summed E-state index contributed by atoms with van der Waals surface area (Å²) < 4.78 is 0. The Bertz CT molecular complexity index is 220. The summed E-state index contributed by atoms with van der Waals surface area (Å²) >= 11 is 0. The van der Waals surface area contributed by atoms with Crippen LogP contribution in [0.5, 0.6) is 0 Å². The van der Waals surface area contributed by atoms with Crippen LogP contribution >= 0.6 is 0 Å². The molecule has 0 aromatic carbocycles. The van der Waals surface area contributed by atoms with Crippen molar-refractivity contribution >= 4 is 0 Å². The molecule has 1 radical (unpaired) electrons. The minimum Gasteiger partial charge on any atom is -0.0885 e. The van der Waals surface area contributed by atoms with Crippen LogP contribution < -0.4 is 0 Å². The summed E-state index contributed by atoms with van der Waals surface area (Å²) in [6, 6.07) is 0. The normalized spacial score (nSPS) is 12.3. The van der Waals surface area contributed by atoms with Gasteiger partial charge in [0.1, 0.15) is 0 Å². The lowest BCUT2D eigenvalue weighted by Crippen LogP contribution is -1.71. The molecule has 0 nitrogen and oxygen atoms in total. The first-order valence-corrected chi connectivity index (χ1v) is 7.66. The van der Waals surface area contributed by atoms with Gasteiger partial charge in [0.15, 0.2) is 0 Å². The third kappa shape index (κ3) is 15.2. The number of unbranched alkanes of at least 4 members (excludes halogenated alkanes) is 6. The SMILES string of the molecule is [CH2]CCC/C=C\CC/C=C\C/C=C\CCCCC. The van der Waals surface area contributed by atoms with Gasteiger partial charge < -0.3 is 0 Å². The lowest BCUT2D eigenvalue weighted by atomic mass is 10.2. The fourth-order valence-corrected chi connectivity index (χ4v) is 1.71. The molecule has 0 saturated heterocycles. The molecule has 0 heterocycles. The molecule has 0 amide bonds. The van der Waals surface area contributed by atoms with E-state index in [0.717, 1.165) is 12.8 Å². The average Bonchev–Trinajstić information content (AvgIpc) is 2.39. The molecule has 0 aromatic rings. The lowest BCUT2D eigenvalue weighted by Gasteiger charge is -1.91. The second kappa shape index (κ2) is 16.2. The van der Waals surface area contributed by atoms with E-state index >= 15 is 0 Å². The van der Waals surface area contributed by atoms with Gasteiger partial charge in [-0.3, -0.25) is 0 Å². The van der Waals surface area contributed by atoms with Gasteiger partial charge in [-0.25, -0.2) is 0 Å². The molecule has 0 fully saturated rings. The molecule has 103 valence electrons. The topological polar surface area (TPSA) is 0 Å². The van der Waals surface area contributed by atoms with Crippen molar-refractivity contribution in [3.05, 3.63) is 43.4 Å². The molecular weight excluding hydrogens is 216 g/mol. The Balaban J connectivity index is 3.25. The Hall–Kier alpha value is -0.780. The number of rotatable bonds is 12.